The van der Waals surface area contributed by atoms with Gasteiger partial charge in [0.25, 0.3) is 5.91 Å². The Kier molecular flexibility index (Phi) is 6.49. The number of rotatable bonds is 5. The summed E-state index contributed by atoms with van der Waals surface area (Å²) in [5, 5.41) is 2.87. The molecule has 26 heavy (non-hydrogen) atoms. The van der Waals surface area contributed by atoms with Crippen LogP contribution in [0.1, 0.15) is 44.0 Å². The number of carbonyl (C=O) groups is 1. The molecule has 2 rings (SSSR count). The summed E-state index contributed by atoms with van der Waals surface area (Å²) in [7, 11) is 0. The molecule has 0 bridgehead atoms. The number of nitrogens with one attached hydrogen (secondary N) is 1. The third-order valence-corrected chi connectivity index (χ3v) is 4.21. The predicted octanol–water partition coefficient (Wildman–Crippen LogP) is 3.59. The van der Waals surface area contributed by atoms with Crippen molar-refractivity contribution < 1.29 is 27.4 Å². The minimum Gasteiger partial charge on any atom is -0.468 e. The van der Waals surface area contributed by atoms with Crippen LogP contribution in [-0.2, 0) is 4.74 Å². The second kappa shape index (κ2) is 8.24. The van der Waals surface area contributed by atoms with Gasteiger partial charge in [-0.05, 0) is 24.3 Å². The van der Waals surface area contributed by atoms with Gasteiger partial charge in [-0.25, -0.2) is 4.98 Å². The first-order valence-electron chi connectivity index (χ1n) is 8.62. The van der Waals surface area contributed by atoms with E-state index >= 15 is 0 Å². The highest BCUT2D eigenvalue weighted by Gasteiger charge is 2.35. The summed E-state index contributed by atoms with van der Waals surface area (Å²) in [6, 6.07) is 2.65. The Balaban J connectivity index is 1.89. The van der Waals surface area contributed by atoms with E-state index < -0.39 is 12.8 Å². The molecule has 1 saturated heterocycles. The van der Waals surface area contributed by atoms with Crippen molar-refractivity contribution in [2.24, 2.45) is 11.3 Å². The largest absolute Gasteiger partial charge is 0.468 e. The molecule has 1 amide bonds. The van der Waals surface area contributed by atoms with Crippen LogP contribution in [-0.4, -0.2) is 42.9 Å². The Bertz CT molecular complexity index is 597. The molecule has 0 radical (unpaired) electrons. The number of aromatic nitrogens is 1. The number of carbonyl (C=O) groups excluding carboxylic acids is 1. The normalized spacial score (nSPS) is 21.3. The van der Waals surface area contributed by atoms with Gasteiger partial charge in [-0.3, -0.25) is 4.79 Å². The van der Waals surface area contributed by atoms with Crippen LogP contribution in [0.5, 0.6) is 5.88 Å². The van der Waals surface area contributed by atoms with Crippen molar-refractivity contribution >= 4 is 5.91 Å². The first kappa shape index (κ1) is 20.5. The van der Waals surface area contributed by atoms with Gasteiger partial charge in [0.15, 0.2) is 6.61 Å². The molecule has 0 spiro atoms. The van der Waals surface area contributed by atoms with E-state index in [9.17, 15) is 18.0 Å². The van der Waals surface area contributed by atoms with Crippen LogP contribution in [0, 0.1) is 11.3 Å². The van der Waals surface area contributed by atoms with Crippen molar-refractivity contribution in [1.82, 2.24) is 10.3 Å². The Morgan fingerprint density at radius 1 is 1.35 bits per heavy atom. The summed E-state index contributed by atoms with van der Waals surface area (Å²) in [5.74, 6) is -0.277. The number of hydrogen-bond acceptors (Lipinski definition) is 4. The van der Waals surface area contributed by atoms with E-state index in [0.717, 1.165) is 19.4 Å². The lowest BCUT2D eigenvalue weighted by Gasteiger charge is -2.40. The average Bonchev–Trinajstić information content (AvgIpc) is 2.57. The maximum Gasteiger partial charge on any atom is 0.422 e. The summed E-state index contributed by atoms with van der Waals surface area (Å²) < 4.78 is 46.8. The van der Waals surface area contributed by atoms with Crippen molar-refractivity contribution in [3.63, 3.8) is 0 Å². The summed E-state index contributed by atoms with van der Waals surface area (Å²) in [4.78, 5) is 16.0. The van der Waals surface area contributed by atoms with Crippen molar-refractivity contribution in [3.05, 3.63) is 23.9 Å². The summed E-state index contributed by atoms with van der Waals surface area (Å²) in [6.07, 6.45) is -1.22. The molecule has 0 aliphatic carbocycles. The van der Waals surface area contributed by atoms with Crippen LogP contribution < -0.4 is 10.1 Å². The molecule has 1 aromatic heterocycles. The van der Waals surface area contributed by atoms with E-state index in [1.54, 1.807) is 0 Å². The quantitative estimate of drug-likeness (QED) is 0.856. The second-order valence-electron chi connectivity index (χ2n) is 7.56. The van der Waals surface area contributed by atoms with Gasteiger partial charge in [-0.1, -0.05) is 20.8 Å². The second-order valence-corrected chi connectivity index (χ2v) is 7.56. The van der Waals surface area contributed by atoms with Gasteiger partial charge in [0.1, 0.15) is 0 Å². The molecule has 146 valence electrons. The number of halogens is 3. The zero-order valence-corrected chi connectivity index (χ0v) is 15.2. The van der Waals surface area contributed by atoms with Crippen LogP contribution in [0.4, 0.5) is 13.2 Å². The van der Waals surface area contributed by atoms with Gasteiger partial charge >= 0.3 is 6.18 Å². The highest BCUT2D eigenvalue weighted by molar-refractivity contribution is 5.93. The standard InChI is InChI=1S/C18H25F3N2O3/c1-17(2,3)15-12(5-4-8-25-15)9-23-16(24)13-6-7-14(22-10-13)26-11-18(19,20)21/h6-7,10,12,15H,4-5,8-9,11H2,1-3H3,(H,23,24)/t12-,15-/m0/s1. The first-order chi connectivity index (χ1) is 12.1. The Morgan fingerprint density at radius 2 is 2.08 bits per heavy atom. The Morgan fingerprint density at radius 3 is 2.65 bits per heavy atom. The Labute approximate surface area is 151 Å². The van der Waals surface area contributed by atoms with Crippen LogP contribution in [0.2, 0.25) is 0 Å². The number of ether oxygens (including phenoxy) is 2. The van der Waals surface area contributed by atoms with E-state index in [0.29, 0.717) is 6.54 Å². The van der Waals surface area contributed by atoms with E-state index in [1.807, 2.05) is 0 Å². The van der Waals surface area contributed by atoms with E-state index in [2.05, 4.69) is 35.8 Å². The number of nitrogens with zero attached hydrogens (tertiary/aromatic N) is 1. The monoisotopic (exact) mass is 374 g/mol. The van der Waals surface area contributed by atoms with E-state index in [4.69, 9.17) is 4.74 Å². The number of amides is 1. The van der Waals surface area contributed by atoms with Gasteiger partial charge in [0, 0.05) is 31.3 Å². The lowest BCUT2D eigenvalue weighted by atomic mass is 9.78. The van der Waals surface area contributed by atoms with Gasteiger partial charge in [0.05, 0.1) is 11.7 Å². The van der Waals surface area contributed by atoms with Crippen LogP contribution in [0.15, 0.2) is 18.3 Å². The minimum atomic E-state index is -4.43. The fraction of sp³-hybridized carbons (Fsp3) is 0.667. The molecular weight excluding hydrogens is 349 g/mol. The molecule has 5 nitrogen and oxygen atoms in total. The SMILES string of the molecule is CC(C)(C)[C@H]1OCCC[C@H]1CNC(=O)c1ccc(OCC(F)(F)F)nc1. The van der Waals surface area contributed by atoms with Crippen LogP contribution >= 0.6 is 0 Å². The van der Waals surface area contributed by atoms with E-state index in [-0.39, 0.29) is 34.8 Å². The third-order valence-electron chi connectivity index (χ3n) is 4.21. The molecule has 8 heteroatoms. The van der Waals surface area contributed by atoms with Gasteiger partial charge in [-0.2, -0.15) is 13.2 Å². The fourth-order valence-electron chi connectivity index (χ4n) is 3.09. The zero-order valence-electron chi connectivity index (χ0n) is 15.2. The molecule has 0 aromatic carbocycles. The van der Waals surface area contributed by atoms with Gasteiger partial charge < -0.3 is 14.8 Å². The van der Waals surface area contributed by atoms with Gasteiger partial charge in [-0.15, -0.1) is 0 Å². The highest BCUT2D eigenvalue weighted by atomic mass is 19.4. The van der Waals surface area contributed by atoms with Crippen molar-refractivity contribution in [3.8, 4) is 5.88 Å². The molecule has 1 N–H and O–H groups in total. The zero-order chi connectivity index (χ0) is 19.4. The first-order valence-corrected chi connectivity index (χ1v) is 8.62. The smallest absolute Gasteiger partial charge is 0.422 e. The lowest BCUT2D eigenvalue weighted by Crippen LogP contribution is -2.45. The number of hydrogen-bond donors (Lipinski definition) is 1. The van der Waals surface area contributed by atoms with Crippen molar-refractivity contribution in [2.45, 2.75) is 45.9 Å². The third kappa shape index (κ3) is 6.16. The van der Waals surface area contributed by atoms with E-state index in [1.165, 1.54) is 18.3 Å². The molecule has 1 aliphatic heterocycles. The summed E-state index contributed by atoms with van der Waals surface area (Å²) >= 11 is 0. The fourth-order valence-corrected chi connectivity index (χ4v) is 3.09. The maximum absolute atomic E-state index is 12.3. The molecule has 0 unspecified atom stereocenters. The predicted molar refractivity (Wildman–Crippen MR) is 90.0 cm³/mol. The summed E-state index contributed by atoms with van der Waals surface area (Å²) in [5.41, 5.74) is 0.253. The van der Waals surface area contributed by atoms with Crippen molar-refractivity contribution in [1.29, 1.82) is 0 Å². The topological polar surface area (TPSA) is 60.5 Å². The Hall–Kier alpha value is -1.83. The minimum absolute atomic E-state index is 0.0190. The molecule has 2 heterocycles. The highest BCUT2D eigenvalue weighted by Crippen LogP contribution is 2.33. The molecular formula is C18H25F3N2O3. The average molecular weight is 374 g/mol. The summed E-state index contributed by atoms with van der Waals surface area (Å²) in [6.45, 7) is 6.13. The molecule has 2 atom stereocenters. The molecule has 1 aliphatic rings. The van der Waals surface area contributed by atoms with Crippen molar-refractivity contribution in [2.75, 3.05) is 19.8 Å². The number of pyridine rings is 1. The van der Waals surface area contributed by atoms with Crippen LogP contribution in [0.25, 0.3) is 0 Å². The van der Waals surface area contributed by atoms with Gasteiger partial charge in [0.2, 0.25) is 5.88 Å². The lowest BCUT2D eigenvalue weighted by molar-refractivity contribution is -0.154. The molecule has 1 aromatic rings. The van der Waals surface area contributed by atoms with Crippen LogP contribution in [0.3, 0.4) is 0 Å². The maximum atomic E-state index is 12.3. The molecule has 1 fully saturated rings. The number of alkyl halides is 3. The molecule has 0 saturated carbocycles.